The van der Waals surface area contributed by atoms with Gasteiger partial charge in [-0.15, -0.1) is 22.0 Å². The van der Waals surface area contributed by atoms with Crippen molar-refractivity contribution in [1.82, 2.24) is 15.2 Å². The lowest BCUT2D eigenvalue weighted by Crippen LogP contribution is -1.92. The van der Waals surface area contributed by atoms with Crippen LogP contribution in [0, 0.1) is 0 Å². The Kier molecular flexibility index (Phi) is 4.17. The van der Waals surface area contributed by atoms with E-state index in [0.29, 0.717) is 16.7 Å². The maximum Gasteiger partial charge on any atom is 0.238 e. The van der Waals surface area contributed by atoms with E-state index in [1.807, 2.05) is 6.07 Å². The zero-order chi connectivity index (χ0) is 12.1. The molecular formula is C11H10ClN3OS. The second-order valence-electron chi connectivity index (χ2n) is 3.08. The van der Waals surface area contributed by atoms with Crippen LogP contribution < -0.4 is 4.74 Å². The Labute approximate surface area is 108 Å². The van der Waals surface area contributed by atoms with Crippen molar-refractivity contribution in [3.05, 3.63) is 35.6 Å². The third kappa shape index (κ3) is 3.57. The lowest BCUT2D eigenvalue weighted by Gasteiger charge is -2.03. The van der Waals surface area contributed by atoms with Gasteiger partial charge in [0.2, 0.25) is 5.88 Å². The van der Waals surface area contributed by atoms with E-state index in [4.69, 9.17) is 16.3 Å². The molecule has 0 fully saturated rings. The molecular weight excluding hydrogens is 258 g/mol. The normalized spacial score (nSPS) is 10.2. The first kappa shape index (κ1) is 12.1. The van der Waals surface area contributed by atoms with Crippen molar-refractivity contribution in [2.45, 2.75) is 11.9 Å². The molecule has 2 heterocycles. The van der Waals surface area contributed by atoms with E-state index < -0.39 is 0 Å². The Bertz CT molecular complexity index is 492. The van der Waals surface area contributed by atoms with Crippen LogP contribution in [0.5, 0.6) is 11.6 Å². The first-order valence-corrected chi connectivity index (χ1v) is 6.39. The molecule has 0 spiro atoms. The van der Waals surface area contributed by atoms with Gasteiger partial charge in [-0.1, -0.05) is 18.5 Å². The first-order valence-electron chi connectivity index (χ1n) is 5.03. The molecule has 0 bridgehead atoms. The van der Waals surface area contributed by atoms with Gasteiger partial charge in [0.25, 0.3) is 0 Å². The summed E-state index contributed by atoms with van der Waals surface area (Å²) in [6.07, 6.45) is 3.11. The highest BCUT2D eigenvalue weighted by atomic mass is 35.5. The van der Waals surface area contributed by atoms with Crippen LogP contribution in [0.2, 0.25) is 5.02 Å². The molecule has 0 aliphatic carbocycles. The van der Waals surface area contributed by atoms with Gasteiger partial charge in [-0.05, 0) is 11.8 Å². The van der Waals surface area contributed by atoms with Gasteiger partial charge in [0.05, 0.1) is 11.2 Å². The summed E-state index contributed by atoms with van der Waals surface area (Å²) < 4.78 is 5.46. The monoisotopic (exact) mass is 267 g/mol. The van der Waals surface area contributed by atoms with E-state index in [0.717, 1.165) is 10.8 Å². The third-order valence-corrected chi connectivity index (χ3v) is 2.82. The number of halogens is 1. The molecule has 2 rings (SSSR count). The van der Waals surface area contributed by atoms with Gasteiger partial charge >= 0.3 is 0 Å². The minimum Gasteiger partial charge on any atom is -0.436 e. The molecule has 0 saturated carbocycles. The smallest absolute Gasteiger partial charge is 0.238 e. The number of aromatic nitrogens is 3. The van der Waals surface area contributed by atoms with Crippen LogP contribution in [-0.4, -0.2) is 20.9 Å². The summed E-state index contributed by atoms with van der Waals surface area (Å²) >= 11 is 7.43. The summed E-state index contributed by atoms with van der Waals surface area (Å²) in [6, 6.07) is 5.31. The number of nitrogens with zero attached hydrogens (tertiary/aromatic N) is 3. The predicted molar refractivity (Wildman–Crippen MR) is 67.8 cm³/mol. The van der Waals surface area contributed by atoms with Crippen molar-refractivity contribution >= 4 is 23.4 Å². The minimum absolute atomic E-state index is 0.425. The zero-order valence-corrected chi connectivity index (χ0v) is 10.7. The number of hydrogen-bond donors (Lipinski definition) is 0. The van der Waals surface area contributed by atoms with Gasteiger partial charge in [0.1, 0.15) is 10.8 Å². The fourth-order valence-corrected chi connectivity index (χ4v) is 1.88. The first-order chi connectivity index (χ1) is 8.28. The number of ether oxygens (including phenoxy) is 1. The van der Waals surface area contributed by atoms with Crippen molar-refractivity contribution in [3.63, 3.8) is 0 Å². The molecule has 0 amide bonds. The lowest BCUT2D eigenvalue weighted by atomic mass is 10.4. The van der Waals surface area contributed by atoms with E-state index in [1.54, 1.807) is 36.3 Å². The average Bonchev–Trinajstić information content (AvgIpc) is 2.32. The predicted octanol–water partition coefficient (Wildman–Crippen LogP) is 3.43. The second kappa shape index (κ2) is 5.84. The summed E-state index contributed by atoms with van der Waals surface area (Å²) in [7, 11) is 0. The molecule has 88 valence electrons. The van der Waals surface area contributed by atoms with Crippen LogP contribution in [0.15, 0.2) is 35.6 Å². The van der Waals surface area contributed by atoms with Crippen LogP contribution >= 0.6 is 23.4 Å². The topological polar surface area (TPSA) is 47.9 Å². The van der Waals surface area contributed by atoms with E-state index >= 15 is 0 Å². The molecule has 6 heteroatoms. The van der Waals surface area contributed by atoms with Gasteiger partial charge in [-0.25, -0.2) is 0 Å². The Morgan fingerprint density at radius 1 is 1.29 bits per heavy atom. The van der Waals surface area contributed by atoms with E-state index in [-0.39, 0.29) is 0 Å². The summed E-state index contributed by atoms with van der Waals surface area (Å²) in [5, 5.41) is 9.38. The maximum atomic E-state index is 5.80. The van der Waals surface area contributed by atoms with Crippen LogP contribution in [0.1, 0.15) is 6.92 Å². The molecule has 4 nitrogen and oxygen atoms in total. The van der Waals surface area contributed by atoms with Gasteiger partial charge < -0.3 is 4.74 Å². The van der Waals surface area contributed by atoms with Crippen molar-refractivity contribution in [3.8, 4) is 11.6 Å². The largest absolute Gasteiger partial charge is 0.436 e. The minimum atomic E-state index is 0.425. The van der Waals surface area contributed by atoms with Gasteiger partial charge in [-0.3, -0.25) is 4.98 Å². The van der Waals surface area contributed by atoms with Gasteiger partial charge in [0.15, 0.2) is 0 Å². The maximum absolute atomic E-state index is 5.80. The molecule has 0 aliphatic heterocycles. The number of hydrogen-bond acceptors (Lipinski definition) is 5. The lowest BCUT2D eigenvalue weighted by molar-refractivity contribution is 0.450. The fourth-order valence-electron chi connectivity index (χ4n) is 1.16. The molecule has 0 atom stereocenters. The number of rotatable bonds is 4. The number of thioether (sulfide) groups is 1. The number of pyridine rings is 1. The highest BCUT2D eigenvalue weighted by Crippen LogP contribution is 2.22. The molecule has 0 aliphatic rings. The van der Waals surface area contributed by atoms with E-state index in [1.165, 1.54) is 0 Å². The fraction of sp³-hybridized carbons (Fsp3) is 0.182. The summed E-state index contributed by atoms with van der Waals surface area (Å²) in [4.78, 5) is 3.92. The van der Waals surface area contributed by atoms with Crippen LogP contribution in [-0.2, 0) is 0 Å². The van der Waals surface area contributed by atoms with Gasteiger partial charge in [0, 0.05) is 18.3 Å². The van der Waals surface area contributed by atoms with Gasteiger partial charge in [-0.2, -0.15) is 0 Å². The quantitative estimate of drug-likeness (QED) is 0.795. The van der Waals surface area contributed by atoms with Crippen molar-refractivity contribution in [2.24, 2.45) is 0 Å². The average molecular weight is 268 g/mol. The molecule has 0 aromatic carbocycles. The molecule has 2 aromatic heterocycles. The summed E-state index contributed by atoms with van der Waals surface area (Å²) in [5.74, 6) is 1.94. The molecule has 0 radical (unpaired) electrons. The SMILES string of the molecule is CCSc1ccc(Oc2cncc(Cl)c2)nn1. The Morgan fingerprint density at radius 3 is 2.82 bits per heavy atom. The highest BCUT2D eigenvalue weighted by molar-refractivity contribution is 7.99. The van der Waals surface area contributed by atoms with Crippen LogP contribution in [0.3, 0.4) is 0 Å². The van der Waals surface area contributed by atoms with Crippen molar-refractivity contribution < 1.29 is 4.74 Å². The second-order valence-corrected chi connectivity index (χ2v) is 4.80. The summed E-state index contributed by atoms with van der Waals surface area (Å²) in [5.41, 5.74) is 0. The Balaban J connectivity index is 2.08. The van der Waals surface area contributed by atoms with Crippen LogP contribution in [0.4, 0.5) is 0 Å². The zero-order valence-electron chi connectivity index (χ0n) is 9.13. The van der Waals surface area contributed by atoms with Crippen LogP contribution in [0.25, 0.3) is 0 Å². The molecule has 0 saturated heterocycles. The molecule has 0 N–H and O–H groups in total. The standard InChI is InChI=1S/C11H10ClN3OS/c1-2-17-11-4-3-10(14-15-11)16-9-5-8(12)6-13-7-9/h3-7H,2H2,1H3. The van der Waals surface area contributed by atoms with E-state index in [9.17, 15) is 0 Å². The van der Waals surface area contributed by atoms with E-state index in [2.05, 4.69) is 22.1 Å². The highest BCUT2D eigenvalue weighted by Gasteiger charge is 2.01. The third-order valence-electron chi connectivity index (χ3n) is 1.81. The molecule has 17 heavy (non-hydrogen) atoms. The summed E-state index contributed by atoms with van der Waals surface area (Å²) in [6.45, 7) is 2.06. The Morgan fingerprint density at radius 2 is 2.18 bits per heavy atom. The molecule has 0 unspecified atom stereocenters. The van der Waals surface area contributed by atoms with Crippen molar-refractivity contribution in [1.29, 1.82) is 0 Å². The molecule has 2 aromatic rings. The van der Waals surface area contributed by atoms with Crippen molar-refractivity contribution in [2.75, 3.05) is 5.75 Å². The Hall–Kier alpha value is -1.33.